The van der Waals surface area contributed by atoms with Crippen LogP contribution in [0.2, 0.25) is 0 Å². The van der Waals surface area contributed by atoms with Gasteiger partial charge in [-0.05, 0) is 25.7 Å². The molecular formula is C14H21ClN2O3S. The quantitative estimate of drug-likeness (QED) is 0.774. The second-order valence-electron chi connectivity index (χ2n) is 5.91. The SMILES string of the molecule is Cc1oc(CCl)cc1S(=O)(=O)N1CCN(CC2CC2)CC1. The van der Waals surface area contributed by atoms with Crippen molar-refractivity contribution in [3.8, 4) is 0 Å². The molecule has 1 saturated carbocycles. The highest BCUT2D eigenvalue weighted by molar-refractivity contribution is 7.89. The van der Waals surface area contributed by atoms with Gasteiger partial charge in [0.05, 0.1) is 5.88 Å². The summed E-state index contributed by atoms with van der Waals surface area (Å²) in [6.07, 6.45) is 2.65. The number of sulfonamides is 1. The van der Waals surface area contributed by atoms with E-state index >= 15 is 0 Å². The fraction of sp³-hybridized carbons (Fsp3) is 0.714. The predicted octanol–water partition coefficient (Wildman–Crippen LogP) is 2.04. The van der Waals surface area contributed by atoms with E-state index in [1.165, 1.54) is 12.8 Å². The zero-order valence-corrected chi connectivity index (χ0v) is 13.8. The lowest BCUT2D eigenvalue weighted by molar-refractivity contribution is 0.182. The number of rotatable bonds is 5. The molecule has 2 heterocycles. The molecule has 0 N–H and O–H groups in total. The van der Waals surface area contributed by atoms with Gasteiger partial charge >= 0.3 is 0 Å². The number of nitrogens with zero attached hydrogens (tertiary/aromatic N) is 2. The summed E-state index contributed by atoms with van der Waals surface area (Å²) in [5.74, 6) is 1.95. The Balaban J connectivity index is 1.68. The molecule has 0 amide bonds. The van der Waals surface area contributed by atoms with Gasteiger partial charge in [0, 0.05) is 38.8 Å². The molecule has 7 heteroatoms. The first kappa shape index (κ1) is 15.3. The third-order valence-electron chi connectivity index (χ3n) is 4.22. The van der Waals surface area contributed by atoms with E-state index in [1.54, 1.807) is 17.3 Å². The molecule has 118 valence electrons. The van der Waals surface area contributed by atoms with Crippen LogP contribution in [0, 0.1) is 12.8 Å². The van der Waals surface area contributed by atoms with E-state index in [1.807, 2.05) is 0 Å². The minimum absolute atomic E-state index is 0.186. The molecule has 2 aliphatic rings. The van der Waals surface area contributed by atoms with Crippen molar-refractivity contribution in [2.45, 2.75) is 30.5 Å². The van der Waals surface area contributed by atoms with Crippen LogP contribution in [0.25, 0.3) is 0 Å². The predicted molar refractivity (Wildman–Crippen MR) is 80.9 cm³/mol. The lowest BCUT2D eigenvalue weighted by atomic mass is 10.3. The summed E-state index contributed by atoms with van der Waals surface area (Å²) in [6, 6.07) is 1.55. The smallest absolute Gasteiger partial charge is 0.246 e. The fourth-order valence-electron chi connectivity index (χ4n) is 2.80. The first-order chi connectivity index (χ1) is 10.0. The Morgan fingerprint density at radius 2 is 1.95 bits per heavy atom. The van der Waals surface area contributed by atoms with Gasteiger partial charge in [-0.25, -0.2) is 8.42 Å². The van der Waals surface area contributed by atoms with Crippen LogP contribution in [0.1, 0.15) is 24.4 Å². The third kappa shape index (κ3) is 3.28. The minimum Gasteiger partial charge on any atom is -0.464 e. The lowest BCUT2D eigenvalue weighted by Gasteiger charge is -2.33. The van der Waals surface area contributed by atoms with Gasteiger partial charge in [0.1, 0.15) is 16.4 Å². The summed E-state index contributed by atoms with van der Waals surface area (Å²) in [5.41, 5.74) is 0. The molecule has 0 unspecified atom stereocenters. The van der Waals surface area contributed by atoms with Crippen molar-refractivity contribution >= 4 is 21.6 Å². The molecule has 3 rings (SSSR count). The number of aryl methyl sites for hydroxylation is 1. The van der Waals surface area contributed by atoms with Crippen LogP contribution in [-0.2, 0) is 15.9 Å². The van der Waals surface area contributed by atoms with E-state index < -0.39 is 10.0 Å². The van der Waals surface area contributed by atoms with Crippen molar-refractivity contribution in [2.75, 3.05) is 32.7 Å². The minimum atomic E-state index is -3.46. The van der Waals surface area contributed by atoms with Crippen LogP contribution in [-0.4, -0.2) is 50.3 Å². The Morgan fingerprint density at radius 1 is 1.29 bits per heavy atom. The average molecular weight is 333 g/mol. The molecule has 0 radical (unpaired) electrons. The van der Waals surface area contributed by atoms with Crippen LogP contribution in [0.3, 0.4) is 0 Å². The molecule has 1 aromatic rings. The third-order valence-corrected chi connectivity index (χ3v) is 6.49. The number of alkyl halides is 1. The summed E-state index contributed by atoms with van der Waals surface area (Å²) < 4.78 is 32.3. The molecule has 21 heavy (non-hydrogen) atoms. The monoisotopic (exact) mass is 332 g/mol. The summed E-state index contributed by atoms with van der Waals surface area (Å²) >= 11 is 5.71. The molecular weight excluding hydrogens is 312 g/mol. The Labute approximate surface area is 130 Å². The normalized spacial score (nSPS) is 21.8. The molecule has 0 atom stereocenters. The summed E-state index contributed by atoms with van der Waals surface area (Å²) in [4.78, 5) is 2.63. The van der Waals surface area contributed by atoms with E-state index in [-0.39, 0.29) is 10.8 Å². The van der Waals surface area contributed by atoms with Gasteiger partial charge in [-0.3, -0.25) is 0 Å². The van der Waals surface area contributed by atoms with E-state index in [9.17, 15) is 8.42 Å². The Kier molecular flexibility index (Phi) is 4.32. The number of piperazine rings is 1. The van der Waals surface area contributed by atoms with E-state index in [0.29, 0.717) is 24.6 Å². The van der Waals surface area contributed by atoms with Gasteiger partial charge < -0.3 is 9.32 Å². The summed E-state index contributed by atoms with van der Waals surface area (Å²) in [7, 11) is -3.46. The molecule has 1 saturated heterocycles. The van der Waals surface area contributed by atoms with Crippen molar-refractivity contribution in [3.05, 3.63) is 17.6 Å². The Morgan fingerprint density at radius 3 is 2.48 bits per heavy atom. The zero-order valence-electron chi connectivity index (χ0n) is 12.2. The maximum atomic E-state index is 12.7. The molecule has 1 aliphatic carbocycles. The molecule has 2 fully saturated rings. The largest absolute Gasteiger partial charge is 0.464 e. The van der Waals surface area contributed by atoms with Crippen LogP contribution in [0.5, 0.6) is 0 Å². The van der Waals surface area contributed by atoms with E-state index in [0.717, 1.165) is 25.6 Å². The van der Waals surface area contributed by atoms with Gasteiger partial charge in [-0.1, -0.05) is 0 Å². The van der Waals surface area contributed by atoms with Gasteiger partial charge in [0.2, 0.25) is 10.0 Å². The van der Waals surface area contributed by atoms with Crippen molar-refractivity contribution in [3.63, 3.8) is 0 Å². The maximum Gasteiger partial charge on any atom is 0.246 e. The van der Waals surface area contributed by atoms with Crippen molar-refractivity contribution < 1.29 is 12.8 Å². The fourth-order valence-corrected chi connectivity index (χ4v) is 4.54. The average Bonchev–Trinajstić information content (AvgIpc) is 3.19. The van der Waals surface area contributed by atoms with E-state index in [2.05, 4.69) is 4.90 Å². The standard InChI is InChI=1S/C14H21ClN2O3S/c1-11-14(8-13(9-15)20-11)21(18,19)17-6-4-16(5-7-17)10-12-2-3-12/h8,12H,2-7,9-10H2,1H3. The van der Waals surface area contributed by atoms with Crippen LogP contribution in [0.15, 0.2) is 15.4 Å². The van der Waals surface area contributed by atoms with Crippen LogP contribution >= 0.6 is 11.6 Å². The van der Waals surface area contributed by atoms with Crippen LogP contribution in [0.4, 0.5) is 0 Å². The number of hydrogen-bond acceptors (Lipinski definition) is 4. The summed E-state index contributed by atoms with van der Waals surface area (Å²) in [6.45, 7) is 5.52. The van der Waals surface area contributed by atoms with Gasteiger partial charge in [0.15, 0.2) is 0 Å². The Hall–Kier alpha value is -0.560. The van der Waals surface area contributed by atoms with Crippen LogP contribution < -0.4 is 0 Å². The molecule has 0 spiro atoms. The molecule has 1 aromatic heterocycles. The molecule has 0 aromatic carbocycles. The van der Waals surface area contributed by atoms with Crippen molar-refractivity contribution in [2.24, 2.45) is 5.92 Å². The first-order valence-electron chi connectivity index (χ1n) is 7.38. The highest BCUT2D eigenvalue weighted by atomic mass is 35.5. The van der Waals surface area contributed by atoms with Gasteiger partial charge in [0.25, 0.3) is 0 Å². The first-order valence-corrected chi connectivity index (χ1v) is 9.36. The van der Waals surface area contributed by atoms with Crippen molar-refractivity contribution in [1.82, 2.24) is 9.21 Å². The lowest BCUT2D eigenvalue weighted by Crippen LogP contribution is -2.49. The molecule has 1 aliphatic heterocycles. The summed E-state index contributed by atoms with van der Waals surface area (Å²) in [5, 5.41) is 0. The number of hydrogen-bond donors (Lipinski definition) is 0. The van der Waals surface area contributed by atoms with Gasteiger partial charge in [-0.15, -0.1) is 11.6 Å². The highest BCUT2D eigenvalue weighted by Gasteiger charge is 2.33. The van der Waals surface area contributed by atoms with Crippen molar-refractivity contribution in [1.29, 1.82) is 0 Å². The molecule has 0 bridgehead atoms. The maximum absolute atomic E-state index is 12.7. The zero-order chi connectivity index (χ0) is 15.0. The number of halogens is 1. The second kappa shape index (κ2) is 5.91. The molecule has 5 nitrogen and oxygen atoms in total. The topological polar surface area (TPSA) is 53.8 Å². The van der Waals surface area contributed by atoms with E-state index in [4.69, 9.17) is 16.0 Å². The Bertz CT molecular complexity index is 602. The second-order valence-corrected chi connectivity index (χ2v) is 8.09. The number of furan rings is 1. The van der Waals surface area contributed by atoms with Gasteiger partial charge in [-0.2, -0.15) is 4.31 Å². The highest BCUT2D eigenvalue weighted by Crippen LogP contribution is 2.30.